The summed E-state index contributed by atoms with van der Waals surface area (Å²) < 4.78 is 11.4. The molecule has 172 valence electrons. The van der Waals surface area contributed by atoms with E-state index in [0.29, 0.717) is 6.42 Å². The van der Waals surface area contributed by atoms with E-state index in [9.17, 15) is 4.79 Å². The molecular formula is C24H50O3Si2. The lowest BCUT2D eigenvalue weighted by atomic mass is 10.1. The van der Waals surface area contributed by atoms with Crippen molar-refractivity contribution in [2.45, 2.75) is 129 Å². The Morgan fingerprint density at radius 3 is 1.55 bits per heavy atom. The topological polar surface area (TPSA) is 35.5 Å². The molecule has 0 heterocycles. The summed E-state index contributed by atoms with van der Waals surface area (Å²) in [6.07, 6.45) is 21.6. The van der Waals surface area contributed by atoms with Crippen LogP contribution in [0.5, 0.6) is 0 Å². The van der Waals surface area contributed by atoms with E-state index in [4.69, 9.17) is 8.85 Å². The first-order chi connectivity index (χ1) is 13.6. The van der Waals surface area contributed by atoms with Gasteiger partial charge in [-0.2, -0.15) is 0 Å². The maximum Gasteiger partial charge on any atom is 0.292 e. The van der Waals surface area contributed by atoms with Crippen molar-refractivity contribution >= 4 is 22.6 Å². The van der Waals surface area contributed by atoms with Gasteiger partial charge < -0.3 is 8.85 Å². The summed E-state index contributed by atoms with van der Waals surface area (Å²) >= 11 is 0. The molecule has 0 aliphatic heterocycles. The Morgan fingerprint density at radius 1 is 0.621 bits per heavy atom. The Labute approximate surface area is 184 Å². The van der Waals surface area contributed by atoms with Gasteiger partial charge in [-0.25, -0.2) is 0 Å². The van der Waals surface area contributed by atoms with E-state index in [1.807, 2.05) is 0 Å². The average Bonchev–Trinajstić information content (AvgIpc) is 2.58. The van der Waals surface area contributed by atoms with E-state index in [1.165, 1.54) is 70.6 Å². The van der Waals surface area contributed by atoms with Gasteiger partial charge in [0, 0.05) is 13.0 Å². The molecule has 0 N–H and O–H groups in total. The van der Waals surface area contributed by atoms with Crippen LogP contribution >= 0.6 is 0 Å². The summed E-state index contributed by atoms with van der Waals surface area (Å²) in [6.45, 7) is 13.9. The van der Waals surface area contributed by atoms with Gasteiger partial charge in [0.2, 0.25) is 8.32 Å². The molecule has 5 heteroatoms. The molecule has 0 aliphatic carbocycles. The molecule has 29 heavy (non-hydrogen) atoms. The second-order valence-electron chi connectivity index (χ2n) is 10.2. The smallest absolute Gasteiger partial charge is 0.292 e. The maximum atomic E-state index is 11.7. The lowest BCUT2D eigenvalue weighted by molar-refractivity contribution is -0.135. The predicted octanol–water partition coefficient (Wildman–Crippen LogP) is 8.23. The number of rotatable bonds is 19. The second-order valence-corrected chi connectivity index (χ2v) is 19.2. The molecule has 0 aromatic rings. The molecule has 0 bridgehead atoms. The quantitative estimate of drug-likeness (QED) is 0.115. The minimum absolute atomic E-state index is 0.00292. The van der Waals surface area contributed by atoms with E-state index in [2.05, 4.69) is 51.4 Å². The van der Waals surface area contributed by atoms with Crippen LogP contribution in [0.15, 0.2) is 12.2 Å². The fourth-order valence-electron chi connectivity index (χ4n) is 3.14. The van der Waals surface area contributed by atoms with E-state index >= 15 is 0 Å². The Morgan fingerprint density at radius 2 is 1.07 bits per heavy atom. The van der Waals surface area contributed by atoms with Gasteiger partial charge in [0.15, 0.2) is 8.32 Å². The third-order valence-electron chi connectivity index (χ3n) is 4.64. The van der Waals surface area contributed by atoms with Crippen LogP contribution in [0.4, 0.5) is 0 Å². The molecule has 0 fully saturated rings. The highest BCUT2D eigenvalue weighted by Crippen LogP contribution is 2.12. The SMILES string of the molecule is C[Si](C)(C)OCCCCCCCC/C=C\CCCCCCCC(=O)O[Si](C)(C)C. The molecule has 0 radical (unpaired) electrons. The third-order valence-corrected chi connectivity index (χ3v) is 6.55. The minimum Gasteiger partial charge on any atom is -0.520 e. The van der Waals surface area contributed by atoms with Crippen LogP contribution < -0.4 is 0 Å². The first kappa shape index (κ1) is 28.6. The molecule has 0 aromatic heterocycles. The van der Waals surface area contributed by atoms with Crippen molar-refractivity contribution in [3.63, 3.8) is 0 Å². The maximum absolute atomic E-state index is 11.7. The fraction of sp³-hybridized carbons (Fsp3) is 0.875. The number of carbonyl (C=O) groups is 1. The van der Waals surface area contributed by atoms with Crippen LogP contribution in [0.3, 0.4) is 0 Å². The minimum atomic E-state index is -1.70. The van der Waals surface area contributed by atoms with Gasteiger partial charge in [0.25, 0.3) is 5.97 Å². The molecule has 0 saturated heterocycles. The van der Waals surface area contributed by atoms with Crippen molar-refractivity contribution < 1.29 is 13.6 Å². The first-order valence-corrected chi connectivity index (χ1v) is 18.9. The summed E-state index contributed by atoms with van der Waals surface area (Å²) in [6, 6.07) is 0. The molecule has 3 nitrogen and oxygen atoms in total. The average molecular weight is 443 g/mol. The molecule has 0 atom stereocenters. The zero-order valence-electron chi connectivity index (χ0n) is 20.5. The van der Waals surface area contributed by atoms with E-state index < -0.39 is 16.6 Å². The number of hydrogen-bond donors (Lipinski definition) is 0. The van der Waals surface area contributed by atoms with Crippen LogP contribution in [0.2, 0.25) is 39.3 Å². The second kappa shape index (κ2) is 17.3. The summed E-state index contributed by atoms with van der Waals surface area (Å²) in [5, 5.41) is 0. The van der Waals surface area contributed by atoms with Crippen LogP contribution in [-0.4, -0.2) is 29.2 Å². The van der Waals surface area contributed by atoms with Gasteiger partial charge in [-0.1, -0.05) is 57.1 Å². The number of hydrogen-bond acceptors (Lipinski definition) is 3. The number of allylic oxidation sites excluding steroid dienone is 2. The molecular weight excluding hydrogens is 392 g/mol. The Hall–Kier alpha value is -0.396. The number of carbonyl (C=O) groups excluding carboxylic acids is 1. The predicted molar refractivity (Wildman–Crippen MR) is 133 cm³/mol. The molecule has 0 saturated carbocycles. The normalized spacial score (nSPS) is 12.6. The van der Waals surface area contributed by atoms with E-state index in [1.54, 1.807) is 0 Å². The van der Waals surface area contributed by atoms with Crippen LogP contribution in [0.1, 0.15) is 89.9 Å². The van der Waals surface area contributed by atoms with Gasteiger partial charge in [-0.05, 0) is 77.8 Å². The standard InChI is InChI=1S/C24H50O3Si2/c1-28(2,3)26-23-21-19-17-15-13-11-9-7-8-10-12-14-16-18-20-22-24(25)27-29(4,5)6/h7-8H,9-23H2,1-6H3/b8-7-. The molecule has 0 rings (SSSR count). The molecule has 0 aliphatic rings. The van der Waals surface area contributed by atoms with Crippen molar-refractivity contribution in [2.24, 2.45) is 0 Å². The van der Waals surface area contributed by atoms with E-state index in [0.717, 1.165) is 19.4 Å². The highest BCUT2D eigenvalue weighted by Gasteiger charge is 2.19. The van der Waals surface area contributed by atoms with Crippen molar-refractivity contribution in [1.82, 2.24) is 0 Å². The monoisotopic (exact) mass is 442 g/mol. The van der Waals surface area contributed by atoms with Crippen molar-refractivity contribution in [2.75, 3.05) is 6.61 Å². The zero-order valence-corrected chi connectivity index (χ0v) is 22.5. The molecule has 0 unspecified atom stereocenters. The van der Waals surface area contributed by atoms with Crippen molar-refractivity contribution in [3.05, 3.63) is 12.2 Å². The number of unbranched alkanes of at least 4 members (excludes halogenated alkanes) is 11. The highest BCUT2D eigenvalue weighted by molar-refractivity contribution is 6.71. The van der Waals surface area contributed by atoms with Gasteiger partial charge in [-0.15, -0.1) is 0 Å². The lowest BCUT2D eigenvalue weighted by Gasteiger charge is -2.17. The summed E-state index contributed by atoms with van der Waals surface area (Å²) in [7, 11) is -3.00. The van der Waals surface area contributed by atoms with Gasteiger partial charge >= 0.3 is 0 Å². The van der Waals surface area contributed by atoms with Crippen LogP contribution in [-0.2, 0) is 13.6 Å². The summed E-state index contributed by atoms with van der Waals surface area (Å²) in [5.74, 6) is 0.00292. The first-order valence-electron chi connectivity index (χ1n) is 12.1. The van der Waals surface area contributed by atoms with Crippen LogP contribution in [0.25, 0.3) is 0 Å². The van der Waals surface area contributed by atoms with Gasteiger partial charge in [0.05, 0.1) is 0 Å². The van der Waals surface area contributed by atoms with Crippen molar-refractivity contribution in [1.29, 1.82) is 0 Å². The Bertz CT molecular complexity index is 423. The molecule has 0 spiro atoms. The van der Waals surface area contributed by atoms with Crippen molar-refractivity contribution in [3.8, 4) is 0 Å². The Balaban J connectivity index is 3.26. The van der Waals surface area contributed by atoms with E-state index in [-0.39, 0.29) is 5.97 Å². The Kier molecular flexibility index (Phi) is 17.1. The summed E-state index contributed by atoms with van der Waals surface area (Å²) in [5.41, 5.74) is 0. The summed E-state index contributed by atoms with van der Waals surface area (Å²) in [4.78, 5) is 11.7. The third kappa shape index (κ3) is 25.6. The fourth-order valence-corrected chi connectivity index (χ4v) is 4.68. The zero-order chi connectivity index (χ0) is 22.0. The van der Waals surface area contributed by atoms with Gasteiger partial charge in [0.1, 0.15) is 0 Å². The molecule has 0 aromatic carbocycles. The lowest BCUT2D eigenvalue weighted by Crippen LogP contribution is -2.28. The molecule has 0 amide bonds. The van der Waals surface area contributed by atoms with Crippen LogP contribution in [0, 0.1) is 0 Å². The largest absolute Gasteiger partial charge is 0.520 e. The van der Waals surface area contributed by atoms with Gasteiger partial charge in [-0.3, -0.25) is 4.79 Å². The highest BCUT2D eigenvalue weighted by atomic mass is 28.4.